The molecule has 0 heterocycles. The maximum Gasteiger partial charge on any atom is 0.142 e. The molecular weight excluding hydrogens is 296 g/mol. The monoisotopic (exact) mass is 317 g/mol. The van der Waals surface area contributed by atoms with Gasteiger partial charge in [0.1, 0.15) is 5.82 Å². The van der Waals surface area contributed by atoms with Crippen LogP contribution in [0.25, 0.3) is 0 Å². The Balaban J connectivity index is 1.98. The Morgan fingerprint density at radius 2 is 1.85 bits per heavy atom. The van der Waals surface area contributed by atoms with Gasteiger partial charge in [0.25, 0.3) is 0 Å². The van der Waals surface area contributed by atoms with Crippen molar-refractivity contribution in [3.8, 4) is 0 Å². The molecular formula is C16H22Cl2FN. The zero-order chi connectivity index (χ0) is 14.7. The molecule has 0 aromatic heterocycles. The first kappa shape index (κ1) is 16.1. The molecule has 1 aliphatic carbocycles. The van der Waals surface area contributed by atoms with Crippen LogP contribution in [-0.2, 0) is 0 Å². The van der Waals surface area contributed by atoms with Crippen LogP contribution in [0.2, 0.25) is 10.0 Å². The zero-order valence-electron chi connectivity index (χ0n) is 12.1. The molecule has 1 aromatic rings. The van der Waals surface area contributed by atoms with E-state index in [0.717, 1.165) is 11.5 Å². The summed E-state index contributed by atoms with van der Waals surface area (Å²) in [6, 6.07) is 3.47. The third-order valence-corrected chi connectivity index (χ3v) is 5.03. The normalized spacial score (nSPS) is 24.6. The van der Waals surface area contributed by atoms with E-state index in [1.165, 1.54) is 44.2 Å². The van der Waals surface area contributed by atoms with Crippen LogP contribution in [0.3, 0.4) is 0 Å². The lowest BCUT2D eigenvalue weighted by Gasteiger charge is -2.31. The van der Waals surface area contributed by atoms with E-state index in [1.807, 2.05) is 6.92 Å². The molecule has 1 N–H and O–H groups in total. The van der Waals surface area contributed by atoms with Gasteiger partial charge in [0, 0.05) is 17.1 Å². The van der Waals surface area contributed by atoms with Crippen LogP contribution in [0.4, 0.5) is 4.39 Å². The van der Waals surface area contributed by atoms with Crippen molar-refractivity contribution in [1.82, 2.24) is 5.32 Å². The number of hydrogen-bond donors (Lipinski definition) is 1. The van der Waals surface area contributed by atoms with E-state index < -0.39 is 5.82 Å². The smallest absolute Gasteiger partial charge is 0.142 e. The quantitative estimate of drug-likeness (QED) is 0.697. The minimum absolute atomic E-state index is 0.0393. The molecule has 1 atom stereocenters. The van der Waals surface area contributed by atoms with Crippen molar-refractivity contribution in [2.24, 2.45) is 5.92 Å². The van der Waals surface area contributed by atoms with Crippen molar-refractivity contribution in [2.45, 2.75) is 58.0 Å². The van der Waals surface area contributed by atoms with Crippen LogP contribution >= 0.6 is 23.2 Å². The van der Waals surface area contributed by atoms with Crippen LogP contribution in [0, 0.1) is 11.7 Å². The molecule has 0 amide bonds. The average molecular weight is 318 g/mol. The molecule has 2 rings (SSSR count). The minimum Gasteiger partial charge on any atom is -0.307 e. The van der Waals surface area contributed by atoms with E-state index in [9.17, 15) is 4.39 Å². The summed E-state index contributed by atoms with van der Waals surface area (Å²) in [7, 11) is 0. The second kappa shape index (κ2) is 7.11. The Morgan fingerprint density at radius 1 is 1.20 bits per heavy atom. The molecule has 0 saturated heterocycles. The van der Waals surface area contributed by atoms with Crippen LogP contribution in [0.15, 0.2) is 12.1 Å². The first-order valence-electron chi connectivity index (χ1n) is 7.41. The molecule has 0 aliphatic heterocycles. The molecule has 1 unspecified atom stereocenters. The fraction of sp³-hybridized carbons (Fsp3) is 0.625. The fourth-order valence-electron chi connectivity index (χ4n) is 3.05. The summed E-state index contributed by atoms with van der Waals surface area (Å²) in [4.78, 5) is 0. The van der Waals surface area contributed by atoms with Crippen molar-refractivity contribution in [3.63, 3.8) is 0 Å². The van der Waals surface area contributed by atoms with Gasteiger partial charge in [-0.1, -0.05) is 36.5 Å². The van der Waals surface area contributed by atoms with Gasteiger partial charge in [0.2, 0.25) is 0 Å². The van der Waals surface area contributed by atoms with Crippen molar-refractivity contribution < 1.29 is 4.39 Å². The van der Waals surface area contributed by atoms with E-state index in [0.29, 0.717) is 11.1 Å². The van der Waals surface area contributed by atoms with Crippen molar-refractivity contribution in [1.29, 1.82) is 0 Å². The fourth-order valence-corrected chi connectivity index (χ4v) is 3.60. The summed E-state index contributed by atoms with van der Waals surface area (Å²) in [5, 5.41) is 4.18. The summed E-state index contributed by atoms with van der Waals surface area (Å²) < 4.78 is 13.6. The van der Waals surface area contributed by atoms with Gasteiger partial charge in [-0.05, 0) is 56.2 Å². The molecule has 0 spiro atoms. The predicted octanol–water partition coefficient (Wildman–Crippen LogP) is 5.75. The van der Waals surface area contributed by atoms with E-state index in [1.54, 1.807) is 0 Å². The molecule has 1 fully saturated rings. The van der Waals surface area contributed by atoms with Gasteiger partial charge in [-0.15, -0.1) is 0 Å². The van der Waals surface area contributed by atoms with Gasteiger partial charge in [0.05, 0.1) is 5.02 Å². The maximum absolute atomic E-state index is 13.6. The maximum atomic E-state index is 13.6. The number of hydrogen-bond acceptors (Lipinski definition) is 1. The molecule has 112 valence electrons. The van der Waals surface area contributed by atoms with Crippen molar-refractivity contribution in [2.75, 3.05) is 0 Å². The standard InChI is InChI=1S/C16H22Cl2FN/c1-3-11-4-6-12(7-5-11)20-10(2)13-8-16(19)15(18)9-14(13)17/h8-12,20H,3-7H2,1-2H3. The Hall–Kier alpha value is -0.310. The SMILES string of the molecule is CCC1CCC(NC(C)c2cc(F)c(Cl)cc2Cl)CC1. The molecule has 1 nitrogen and oxygen atoms in total. The van der Waals surface area contributed by atoms with E-state index in [4.69, 9.17) is 23.2 Å². The molecule has 1 aliphatic rings. The van der Waals surface area contributed by atoms with Gasteiger partial charge in [-0.2, -0.15) is 0 Å². The van der Waals surface area contributed by atoms with E-state index >= 15 is 0 Å². The van der Waals surface area contributed by atoms with Crippen molar-refractivity contribution in [3.05, 3.63) is 33.6 Å². The Bertz CT molecular complexity index is 456. The van der Waals surface area contributed by atoms with Crippen LogP contribution in [0.5, 0.6) is 0 Å². The summed E-state index contributed by atoms with van der Waals surface area (Å²) in [5.74, 6) is 0.467. The number of halogens is 3. The Morgan fingerprint density at radius 3 is 2.45 bits per heavy atom. The first-order chi connectivity index (χ1) is 9.51. The van der Waals surface area contributed by atoms with Crippen molar-refractivity contribution >= 4 is 23.2 Å². The van der Waals surface area contributed by atoms with Gasteiger partial charge < -0.3 is 5.32 Å². The van der Waals surface area contributed by atoms with E-state index in [-0.39, 0.29) is 11.1 Å². The summed E-state index contributed by atoms with van der Waals surface area (Å²) in [6.07, 6.45) is 6.22. The van der Waals surface area contributed by atoms with Gasteiger partial charge in [0.15, 0.2) is 0 Å². The second-order valence-electron chi connectivity index (χ2n) is 5.80. The number of nitrogens with one attached hydrogen (secondary N) is 1. The Kier molecular flexibility index (Phi) is 5.71. The number of benzene rings is 1. The first-order valence-corrected chi connectivity index (χ1v) is 8.17. The highest BCUT2D eigenvalue weighted by molar-refractivity contribution is 6.35. The third-order valence-electron chi connectivity index (χ3n) is 4.42. The van der Waals surface area contributed by atoms with Gasteiger partial charge >= 0.3 is 0 Å². The lowest BCUT2D eigenvalue weighted by Crippen LogP contribution is -2.35. The highest BCUT2D eigenvalue weighted by atomic mass is 35.5. The average Bonchev–Trinajstić information content (AvgIpc) is 2.43. The third kappa shape index (κ3) is 3.87. The van der Waals surface area contributed by atoms with Gasteiger partial charge in [-0.25, -0.2) is 4.39 Å². The molecule has 0 radical (unpaired) electrons. The predicted molar refractivity (Wildman–Crippen MR) is 84.0 cm³/mol. The highest BCUT2D eigenvalue weighted by Crippen LogP contribution is 2.31. The second-order valence-corrected chi connectivity index (χ2v) is 6.62. The molecule has 1 aromatic carbocycles. The molecule has 1 saturated carbocycles. The Labute approximate surface area is 130 Å². The molecule has 0 bridgehead atoms. The van der Waals surface area contributed by atoms with Crippen LogP contribution < -0.4 is 5.32 Å². The highest BCUT2D eigenvalue weighted by Gasteiger charge is 2.22. The lowest BCUT2D eigenvalue weighted by molar-refractivity contribution is 0.273. The van der Waals surface area contributed by atoms with Crippen LogP contribution in [0.1, 0.15) is 57.6 Å². The summed E-state index contributed by atoms with van der Waals surface area (Å²) >= 11 is 11.9. The van der Waals surface area contributed by atoms with E-state index in [2.05, 4.69) is 12.2 Å². The molecule has 20 heavy (non-hydrogen) atoms. The zero-order valence-corrected chi connectivity index (χ0v) is 13.6. The summed E-state index contributed by atoms with van der Waals surface area (Å²) in [6.45, 7) is 4.29. The van der Waals surface area contributed by atoms with Gasteiger partial charge in [-0.3, -0.25) is 0 Å². The number of rotatable bonds is 4. The topological polar surface area (TPSA) is 12.0 Å². The summed E-state index contributed by atoms with van der Waals surface area (Å²) in [5.41, 5.74) is 0.784. The lowest BCUT2D eigenvalue weighted by atomic mass is 9.84. The largest absolute Gasteiger partial charge is 0.307 e. The molecule has 4 heteroatoms. The minimum atomic E-state index is -0.408. The van der Waals surface area contributed by atoms with Crippen LogP contribution in [-0.4, -0.2) is 6.04 Å².